The summed E-state index contributed by atoms with van der Waals surface area (Å²) < 4.78 is 33.5. The highest BCUT2D eigenvalue weighted by atomic mass is 19.3. The minimum absolute atomic E-state index is 0.0858. The van der Waals surface area contributed by atoms with Gasteiger partial charge >= 0.3 is 12.1 Å². The highest BCUT2D eigenvalue weighted by Crippen LogP contribution is 2.44. The van der Waals surface area contributed by atoms with Crippen molar-refractivity contribution in [3.63, 3.8) is 0 Å². The van der Waals surface area contributed by atoms with E-state index in [9.17, 15) is 28.3 Å². The van der Waals surface area contributed by atoms with Crippen LogP contribution >= 0.6 is 0 Å². The third-order valence-corrected chi connectivity index (χ3v) is 7.21. The number of alkyl carbamates (subject to hydrolysis) is 1. The molecule has 2 aliphatic carbocycles. The normalized spacial score (nSPS) is 21.5. The van der Waals surface area contributed by atoms with Crippen molar-refractivity contribution in [2.24, 2.45) is 11.8 Å². The fourth-order valence-corrected chi connectivity index (χ4v) is 5.14. The number of halogens is 2. The van der Waals surface area contributed by atoms with Crippen LogP contribution in [-0.4, -0.2) is 59.6 Å². The van der Waals surface area contributed by atoms with Gasteiger partial charge in [-0.15, -0.1) is 0 Å². The van der Waals surface area contributed by atoms with Crippen molar-refractivity contribution in [1.29, 1.82) is 0 Å². The zero-order chi connectivity index (χ0) is 24.7. The molecule has 184 valence electrons. The Morgan fingerprint density at radius 1 is 1.06 bits per heavy atom. The van der Waals surface area contributed by atoms with E-state index in [1.54, 1.807) is 0 Å². The Morgan fingerprint density at radius 3 is 2.23 bits per heavy atom. The minimum Gasteiger partial charge on any atom is -0.481 e. The van der Waals surface area contributed by atoms with Crippen molar-refractivity contribution in [2.75, 3.05) is 19.7 Å². The first-order valence-electron chi connectivity index (χ1n) is 11.8. The number of nitrogens with zero attached hydrogens (tertiary/aromatic N) is 1. The first-order valence-corrected chi connectivity index (χ1v) is 11.8. The number of alkyl halides is 2. The van der Waals surface area contributed by atoms with E-state index in [0.29, 0.717) is 12.8 Å². The van der Waals surface area contributed by atoms with Crippen molar-refractivity contribution in [1.82, 2.24) is 10.2 Å². The Morgan fingerprint density at radius 2 is 1.66 bits per heavy atom. The summed E-state index contributed by atoms with van der Waals surface area (Å²) in [7, 11) is 0. The van der Waals surface area contributed by atoms with Crippen LogP contribution in [0.2, 0.25) is 0 Å². The summed E-state index contributed by atoms with van der Waals surface area (Å²) in [5.74, 6) is -7.77. The van der Waals surface area contributed by atoms with E-state index < -0.39 is 48.8 Å². The molecule has 2 aromatic carbocycles. The van der Waals surface area contributed by atoms with Gasteiger partial charge in [0, 0.05) is 25.4 Å². The Balaban J connectivity index is 1.24. The van der Waals surface area contributed by atoms with Crippen molar-refractivity contribution in [2.45, 2.75) is 37.1 Å². The van der Waals surface area contributed by atoms with E-state index in [1.807, 2.05) is 48.5 Å². The number of ether oxygens (including phenoxy) is 1. The van der Waals surface area contributed by atoms with Gasteiger partial charge in [-0.2, -0.15) is 0 Å². The first kappa shape index (κ1) is 23.3. The lowest BCUT2D eigenvalue weighted by Crippen LogP contribution is -2.57. The van der Waals surface area contributed by atoms with Crippen LogP contribution in [0.3, 0.4) is 0 Å². The number of carboxylic acid groups (broad SMARTS) is 1. The lowest BCUT2D eigenvalue weighted by atomic mass is 9.93. The summed E-state index contributed by atoms with van der Waals surface area (Å²) in [4.78, 5) is 38.2. The van der Waals surface area contributed by atoms with Gasteiger partial charge in [-0.1, -0.05) is 48.5 Å². The molecule has 2 fully saturated rings. The third kappa shape index (κ3) is 4.47. The van der Waals surface area contributed by atoms with Gasteiger partial charge in [0.2, 0.25) is 5.91 Å². The molecule has 0 bridgehead atoms. The topological polar surface area (TPSA) is 95.9 Å². The number of aliphatic carboxylic acids is 1. The Kier molecular flexibility index (Phi) is 5.94. The molecule has 2 N–H and O–H groups in total. The van der Waals surface area contributed by atoms with Gasteiger partial charge in [-0.25, -0.2) is 13.6 Å². The standard InChI is InChI=1S/C26H26F2N2O5/c27-26(28)11-12-30(13-21(26)24(32)33)23(31)22(15-9-10-15)29-25(34)35-14-20-18-7-3-1-5-16(18)17-6-2-4-8-19(17)20/h1-8,15,20-22H,9-14H2,(H,29,34)(H,32,33). The summed E-state index contributed by atoms with van der Waals surface area (Å²) in [6.07, 6.45) is -0.0501. The smallest absolute Gasteiger partial charge is 0.407 e. The van der Waals surface area contributed by atoms with Crippen LogP contribution in [-0.2, 0) is 14.3 Å². The number of likely N-dealkylation sites (tertiary alicyclic amines) is 1. The van der Waals surface area contributed by atoms with Gasteiger partial charge < -0.3 is 20.1 Å². The zero-order valence-electron chi connectivity index (χ0n) is 19.0. The summed E-state index contributed by atoms with van der Waals surface area (Å²) in [5, 5.41) is 11.8. The number of carbonyl (C=O) groups is 3. The second-order valence-electron chi connectivity index (χ2n) is 9.47. The van der Waals surface area contributed by atoms with Crippen LogP contribution in [0.1, 0.15) is 36.3 Å². The van der Waals surface area contributed by atoms with E-state index in [1.165, 1.54) is 0 Å². The van der Waals surface area contributed by atoms with Gasteiger partial charge in [-0.3, -0.25) is 9.59 Å². The van der Waals surface area contributed by atoms with E-state index >= 15 is 0 Å². The molecular formula is C26H26F2N2O5. The fourth-order valence-electron chi connectivity index (χ4n) is 5.14. The number of piperidine rings is 1. The quantitative estimate of drug-likeness (QED) is 0.649. The number of hydrogen-bond donors (Lipinski definition) is 2. The molecule has 1 aliphatic heterocycles. The molecule has 2 atom stereocenters. The number of hydrogen-bond acceptors (Lipinski definition) is 4. The molecule has 3 aliphatic rings. The highest BCUT2D eigenvalue weighted by molar-refractivity contribution is 5.87. The molecule has 9 heteroatoms. The Labute approximate surface area is 201 Å². The van der Waals surface area contributed by atoms with Crippen LogP contribution in [0.5, 0.6) is 0 Å². The van der Waals surface area contributed by atoms with E-state index in [-0.39, 0.29) is 25.0 Å². The molecule has 1 saturated heterocycles. The molecule has 7 nitrogen and oxygen atoms in total. The Hall–Kier alpha value is -3.49. The summed E-state index contributed by atoms with van der Waals surface area (Å²) in [6.45, 7) is -0.760. The van der Waals surface area contributed by atoms with Gasteiger partial charge in [0.15, 0.2) is 0 Å². The second kappa shape index (κ2) is 8.94. The number of carbonyl (C=O) groups excluding carboxylic acids is 2. The molecule has 5 rings (SSSR count). The van der Waals surface area contributed by atoms with Gasteiger partial charge in [0.1, 0.15) is 18.6 Å². The summed E-state index contributed by atoms with van der Waals surface area (Å²) in [5.41, 5.74) is 4.31. The van der Waals surface area contributed by atoms with E-state index in [2.05, 4.69) is 5.32 Å². The molecule has 0 aromatic heterocycles. The lowest BCUT2D eigenvalue weighted by Gasteiger charge is -2.37. The number of benzene rings is 2. The molecule has 2 unspecified atom stereocenters. The van der Waals surface area contributed by atoms with Crippen LogP contribution in [0.15, 0.2) is 48.5 Å². The van der Waals surface area contributed by atoms with E-state index in [0.717, 1.165) is 27.2 Å². The predicted octanol–water partition coefficient (Wildman–Crippen LogP) is 3.87. The molecule has 35 heavy (non-hydrogen) atoms. The van der Waals surface area contributed by atoms with Crippen molar-refractivity contribution in [3.05, 3.63) is 59.7 Å². The molecule has 1 heterocycles. The largest absolute Gasteiger partial charge is 0.481 e. The van der Waals surface area contributed by atoms with Crippen LogP contribution in [0.25, 0.3) is 11.1 Å². The fraction of sp³-hybridized carbons (Fsp3) is 0.423. The van der Waals surface area contributed by atoms with Crippen molar-refractivity contribution < 1.29 is 33.0 Å². The molecule has 2 aromatic rings. The SMILES string of the molecule is O=C(NC(C(=O)N1CCC(F)(F)C(C(=O)O)C1)C1CC1)OCC1c2ccccc2-c2ccccc21. The number of fused-ring (bicyclic) bond motifs is 3. The summed E-state index contributed by atoms with van der Waals surface area (Å²) >= 11 is 0. The molecule has 0 spiro atoms. The van der Waals surface area contributed by atoms with E-state index in [4.69, 9.17) is 4.74 Å². The minimum atomic E-state index is -3.38. The maximum absolute atomic E-state index is 14.0. The van der Waals surface area contributed by atoms with Gasteiger partial charge in [0.05, 0.1) is 0 Å². The molecule has 0 radical (unpaired) electrons. The van der Waals surface area contributed by atoms with Crippen molar-refractivity contribution in [3.8, 4) is 11.1 Å². The second-order valence-corrected chi connectivity index (χ2v) is 9.47. The number of nitrogens with one attached hydrogen (secondary N) is 1. The maximum Gasteiger partial charge on any atom is 0.407 e. The maximum atomic E-state index is 14.0. The average Bonchev–Trinajstić information content (AvgIpc) is 3.63. The van der Waals surface area contributed by atoms with Crippen LogP contribution in [0, 0.1) is 11.8 Å². The molecule has 1 saturated carbocycles. The van der Waals surface area contributed by atoms with Crippen LogP contribution < -0.4 is 5.32 Å². The Bertz CT molecular complexity index is 1120. The number of amides is 2. The summed E-state index contributed by atoms with van der Waals surface area (Å²) in [6, 6.07) is 14.9. The van der Waals surface area contributed by atoms with Crippen LogP contribution in [0.4, 0.5) is 13.6 Å². The van der Waals surface area contributed by atoms with Gasteiger partial charge in [-0.05, 0) is 41.0 Å². The number of rotatable bonds is 6. The third-order valence-electron chi connectivity index (χ3n) is 7.21. The first-order chi connectivity index (χ1) is 16.8. The molecule has 2 amide bonds. The highest BCUT2D eigenvalue weighted by Gasteiger charge is 2.51. The number of carboxylic acids is 1. The zero-order valence-corrected chi connectivity index (χ0v) is 19.0. The van der Waals surface area contributed by atoms with Gasteiger partial charge in [0.25, 0.3) is 5.92 Å². The van der Waals surface area contributed by atoms with Crippen molar-refractivity contribution >= 4 is 18.0 Å². The average molecular weight is 484 g/mol. The lowest BCUT2D eigenvalue weighted by molar-refractivity contribution is -0.170. The molecular weight excluding hydrogens is 458 g/mol. The predicted molar refractivity (Wildman–Crippen MR) is 122 cm³/mol. The monoisotopic (exact) mass is 484 g/mol.